The first-order valence-electron chi connectivity index (χ1n) is 5.86. The number of nitrogens with one attached hydrogen (secondary N) is 1. The maximum atomic E-state index is 5.50. The van der Waals surface area contributed by atoms with Gasteiger partial charge in [-0.2, -0.15) is 0 Å². The van der Waals surface area contributed by atoms with Crippen molar-refractivity contribution in [3.63, 3.8) is 0 Å². The van der Waals surface area contributed by atoms with E-state index in [1.807, 2.05) is 0 Å². The lowest BCUT2D eigenvalue weighted by molar-refractivity contribution is -0.0869. The van der Waals surface area contributed by atoms with Crippen LogP contribution in [0.3, 0.4) is 0 Å². The molecular formula is C13H16BrNO. The lowest BCUT2D eigenvalue weighted by Crippen LogP contribution is -2.53. The van der Waals surface area contributed by atoms with Gasteiger partial charge < -0.3 is 10.1 Å². The molecule has 2 saturated heterocycles. The average Bonchev–Trinajstić information content (AvgIpc) is 2.73. The number of halogens is 1. The smallest absolute Gasteiger partial charge is 0.0588 e. The van der Waals surface area contributed by atoms with E-state index in [4.69, 9.17) is 4.74 Å². The van der Waals surface area contributed by atoms with Gasteiger partial charge in [0.25, 0.3) is 0 Å². The quantitative estimate of drug-likeness (QED) is 0.899. The van der Waals surface area contributed by atoms with Gasteiger partial charge in [-0.15, -0.1) is 0 Å². The molecule has 2 fully saturated rings. The van der Waals surface area contributed by atoms with E-state index in [-0.39, 0.29) is 5.41 Å². The van der Waals surface area contributed by atoms with Gasteiger partial charge in [0, 0.05) is 9.89 Å². The van der Waals surface area contributed by atoms with Crippen molar-refractivity contribution in [2.75, 3.05) is 26.3 Å². The average molecular weight is 282 g/mol. The van der Waals surface area contributed by atoms with Gasteiger partial charge >= 0.3 is 0 Å². The van der Waals surface area contributed by atoms with E-state index in [2.05, 4.69) is 45.5 Å². The Morgan fingerprint density at radius 1 is 1.25 bits per heavy atom. The molecule has 16 heavy (non-hydrogen) atoms. The molecule has 0 bridgehead atoms. The van der Waals surface area contributed by atoms with Crippen LogP contribution in [0.2, 0.25) is 0 Å². The zero-order valence-electron chi connectivity index (χ0n) is 9.21. The molecule has 1 aromatic carbocycles. The van der Waals surface area contributed by atoms with Crippen LogP contribution in [-0.2, 0) is 10.2 Å². The van der Waals surface area contributed by atoms with Gasteiger partial charge in [0.15, 0.2) is 0 Å². The molecule has 0 amide bonds. The van der Waals surface area contributed by atoms with Gasteiger partial charge in [-0.25, -0.2) is 0 Å². The van der Waals surface area contributed by atoms with Gasteiger partial charge in [0.1, 0.15) is 0 Å². The summed E-state index contributed by atoms with van der Waals surface area (Å²) in [6.07, 6.45) is 1.28. The molecule has 3 rings (SSSR count). The Hall–Kier alpha value is -0.380. The Morgan fingerprint density at radius 3 is 2.50 bits per heavy atom. The van der Waals surface area contributed by atoms with Crippen LogP contribution in [0.4, 0.5) is 0 Å². The monoisotopic (exact) mass is 281 g/mol. The van der Waals surface area contributed by atoms with E-state index in [1.54, 1.807) is 0 Å². The molecular weight excluding hydrogens is 266 g/mol. The summed E-state index contributed by atoms with van der Waals surface area (Å²) in [7, 11) is 0. The molecule has 1 aromatic rings. The minimum absolute atomic E-state index is 0.282. The third-order valence-corrected chi connectivity index (χ3v) is 4.51. The predicted molar refractivity (Wildman–Crippen MR) is 67.6 cm³/mol. The van der Waals surface area contributed by atoms with Gasteiger partial charge in [-0.1, -0.05) is 28.1 Å². The molecule has 2 nitrogen and oxygen atoms in total. The second kappa shape index (κ2) is 4.13. The summed E-state index contributed by atoms with van der Waals surface area (Å²) < 4.78 is 6.65. The minimum Gasteiger partial charge on any atom is -0.379 e. The molecule has 86 valence electrons. The highest BCUT2D eigenvalue weighted by molar-refractivity contribution is 9.10. The van der Waals surface area contributed by atoms with Crippen LogP contribution in [0.1, 0.15) is 12.0 Å². The van der Waals surface area contributed by atoms with Crippen LogP contribution < -0.4 is 5.32 Å². The topological polar surface area (TPSA) is 21.3 Å². The molecule has 1 N–H and O–H groups in total. The number of hydrogen-bond donors (Lipinski definition) is 1. The second-order valence-corrected chi connectivity index (χ2v) is 5.76. The lowest BCUT2D eigenvalue weighted by atomic mass is 9.68. The van der Waals surface area contributed by atoms with Gasteiger partial charge in [0.05, 0.1) is 13.2 Å². The molecule has 0 aliphatic carbocycles. The molecule has 2 aliphatic heterocycles. The lowest BCUT2D eigenvalue weighted by Gasteiger charge is -2.46. The van der Waals surface area contributed by atoms with Gasteiger partial charge in [-0.05, 0) is 43.1 Å². The summed E-state index contributed by atoms with van der Waals surface area (Å²) in [5.41, 5.74) is 1.72. The third-order valence-electron chi connectivity index (χ3n) is 3.98. The molecule has 0 spiro atoms. The normalized spacial score (nSPS) is 27.7. The van der Waals surface area contributed by atoms with Crippen molar-refractivity contribution < 1.29 is 4.74 Å². The van der Waals surface area contributed by atoms with Crippen LogP contribution in [0.25, 0.3) is 0 Å². The maximum Gasteiger partial charge on any atom is 0.0588 e. The summed E-state index contributed by atoms with van der Waals surface area (Å²) in [6, 6.07) is 8.76. The van der Waals surface area contributed by atoms with Crippen molar-refractivity contribution in [3.8, 4) is 0 Å². The zero-order chi connectivity index (χ0) is 11.0. The first kappa shape index (κ1) is 10.8. The SMILES string of the molecule is Brc1ccc(C2(C3CCNC3)COC2)cc1. The fourth-order valence-corrected chi connectivity index (χ4v) is 3.13. The fourth-order valence-electron chi connectivity index (χ4n) is 2.87. The maximum absolute atomic E-state index is 5.50. The molecule has 1 unspecified atom stereocenters. The van der Waals surface area contributed by atoms with E-state index >= 15 is 0 Å². The van der Waals surface area contributed by atoms with Crippen molar-refractivity contribution in [2.24, 2.45) is 5.92 Å². The molecule has 0 aromatic heterocycles. The van der Waals surface area contributed by atoms with Gasteiger partial charge in [-0.3, -0.25) is 0 Å². The summed E-state index contributed by atoms with van der Waals surface area (Å²) in [5, 5.41) is 3.46. The summed E-state index contributed by atoms with van der Waals surface area (Å²) >= 11 is 3.49. The second-order valence-electron chi connectivity index (χ2n) is 4.85. The van der Waals surface area contributed by atoms with E-state index in [0.717, 1.165) is 36.7 Å². The molecule has 0 saturated carbocycles. The predicted octanol–water partition coefficient (Wildman–Crippen LogP) is 2.33. The van der Waals surface area contributed by atoms with Crippen LogP contribution >= 0.6 is 15.9 Å². The zero-order valence-corrected chi connectivity index (χ0v) is 10.8. The van der Waals surface area contributed by atoms with E-state index in [0.29, 0.717) is 0 Å². The van der Waals surface area contributed by atoms with Crippen LogP contribution in [0.15, 0.2) is 28.7 Å². The molecule has 2 aliphatic rings. The molecule has 0 radical (unpaired) electrons. The van der Waals surface area contributed by atoms with Crippen LogP contribution in [0, 0.1) is 5.92 Å². The van der Waals surface area contributed by atoms with Gasteiger partial charge in [0.2, 0.25) is 0 Å². The molecule has 1 atom stereocenters. The Balaban J connectivity index is 1.91. The standard InChI is InChI=1S/C13H16BrNO/c14-12-3-1-10(2-4-12)13(8-16-9-13)11-5-6-15-7-11/h1-4,11,15H,5-9H2. The highest BCUT2D eigenvalue weighted by Gasteiger charge is 2.47. The number of rotatable bonds is 2. The Morgan fingerprint density at radius 2 is 2.00 bits per heavy atom. The van der Waals surface area contributed by atoms with Crippen LogP contribution in [-0.4, -0.2) is 26.3 Å². The van der Waals surface area contributed by atoms with Crippen LogP contribution in [0.5, 0.6) is 0 Å². The van der Waals surface area contributed by atoms with E-state index in [1.165, 1.54) is 12.0 Å². The molecule has 2 heterocycles. The molecule has 3 heteroatoms. The van der Waals surface area contributed by atoms with E-state index < -0.39 is 0 Å². The summed E-state index contributed by atoms with van der Waals surface area (Å²) in [6.45, 7) is 4.07. The first-order chi connectivity index (χ1) is 7.81. The fraction of sp³-hybridized carbons (Fsp3) is 0.538. The highest BCUT2D eigenvalue weighted by Crippen LogP contribution is 2.42. The van der Waals surface area contributed by atoms with Crippen molar-refractivity contribution >= 4 is 15.9 Å². The Labute approximate surface area is 105 Å². The van der Waals surface area contributed by atoms with Crippen molar-refractivity contribution in [3.05, 3.63) is 34.3 Å². The third kappa shape index (κ3) is 1.62. The van der Waals surface area contributed by atoms with Crippen molar-refractivity contribution in [1.82, 2.24) is 5.32 Å². The first-order valence-corrected chi connectivity index (χ1v) is 6.65. The largest absolute Gasteiger partial charge is 0.379 e. The minimum atomic E-state index is 0.282. The van der Waals surface area contributed by atoms with Crippen molar-refractivity contribution in [1.29, 1.82) is 0 Å². The highest BCUT2D eigenvalue weighted by atomic mass is 79.9. The summed E-state index contributed by atoms with van der Waals surface area (Å²) in [5.74, 6) is 0.738. The Kier molecular flexibility index (Phi) is 2.78. The number of ether oxygens (including phenoxy) is 1. The summed E-state index contributed by atoms with van der Waals surface area (Å²) in [4.78, 5) is 0. The van der Waals surface area contributed by atoms with E-state index in [9.17, 15) is 0 Å². The number of benzene rings is 1. The van der Waals surface area contributed by atoms with Crippen molar-refractivity contribution in [2.45, 2.75) is 11.8 Å². The Bertz CT molecular complexity index is 366. The number of hydrogen-bond acceptors (Lipinski definition) is 2.